The Balaban J connectivity index is 2.71. The Morgan fingerprint density at radius 3 is 2.00 bits per heavy atom. The second-order valence-corrected chi connectivity index (χ2v) is 4.91. The lowest BCUT2D eigenvalue weighted by molar-refractivity contribution is 0.221. The Kier molecular flexibility index (Phi) is 7.23. The van der Waals surface area contributed by atoms with Crippen LogP contribution in [-0.4, -0.2) is 33.4 Å². The normalized spacial score (nSPS) is 13.7. The number of benzene rings is 1. The van der Waals surface area contributed by atoms with Crippen molar-refractivity contribution in [1.29, 1.82) is 0 Å². The quantitative estimate of drug-likeness (QED) is 0.755. The van der Waals surface area contributed by atoms with Crippen LogP contribution >= 0.6 is 0 Å². The molecule has 0 aliphatic carbocycles. The van der Waals surface area contributed by atoms with Gasteiger partial charge in [0, 0.05) is 24.2 Å². The monoisotopic (exact) mass is 281 g/mol. The number of likely N-dealkylation sites (N-methyl/N-ethyl adjacent to an activating group) is 1. The molecule has 0 saturated heterocycles. The maximum absolute atomic E-state index is 5.91. The van der Waals surface area contributed by atoms with Gasteiger partial charge in [0.1, 0.15) is 23.9 Å². The fourth-order valence-corrected chi connectivity index (χ4v) is 2.02. The molecular weight excluding hydrogens is 254 g/mol. The number of rotatable bonds is 9. The summed E-state index contributed by atoms with van der Waals surface area (Å²) in [5, 5.41) is 3.47. The van der Waals surface area contributed by atoms with E-state index in [0.29, 0.717) is 18.6 Å². The highest BCUT2D eigenvalue weighted by atomic mass is 16.5. The summed E-state index contributed by atoms with van der Waals surface area (Å²) in [7, 11) is 3.28. The van der Waals surface area contributed by atoms with E-state index < -0.39 is 0 Å². The zero-order valence-electron chi connectivity index (χ0n) is 13.2. The van der Waals surface area contributed by atoms with Crippen LogP contribution < -0.4 is 19.5 Å². The average molecular weight is 281 g/mol. The summed E-state index contributed by atoms with van der Waals surface area (Å²) in [5.74, 6) is 2.82. The minimum Gasteiger partial charge on any atom is -0.496 e. The van der Waals surface area contributed by atoms with E-state index in [4.69, 9.17) is 14.2 Å². The highest BCUT2D eigenvalue weighted by molar-refractivity contribution is 5.42. The third kappa shape index (κ3) is 4.93. The second kappa shape index (κ2) is 8.69. The molecule has 0 aromatic heterocycles. The standard InChI is InChI=1S/C16H27NO3/c1-6-12(3)16(17-7-2)11-20-15-9-13(18-4)8-14(10-15)19-5/h8-10,12,16-17H,6-7,11H2,1-5H3. The van der Waals surface area contributed by atoms with Crippen LogP contribution in [0, 0.1) is 5.92 Å². The first kappa shape index (κ1) is 16.6. The summed E-state index contributed by atoms with van der Waals surface area (Å²) in [4.78, 5) is 0. The van der Waals surface area contributed by atoms with Gasteiger partial charge < -0.3 is 19.5 Å². The summed E-state index contributed by atoms with van der Waals surface area (Å²) in [6, 6.07) is 5.94. The fourth-order valence-electron chi connectivity index (χ4n) is 2.02. The maximum Gasteiger partial charge on any atom is 0.126 e. The minimum atomic E-state index is 0.349. The minimum absolute atomic E-state index is 0.349. The van der Waals surface area contributed by atoms with Gasteiger partial charge >= 0.3 is 0 Å². The van der Waals surface area contributed by atoms with Gasteiger partial charge in [-0.1, -0.05) is 27.2 Å². The van der Waals surface area contributed by atoms with Gasteiger partial charge in [0.15, 0.2) is 0 Å². The highest BCUT2D eigenvalue weighted by Crippen LogP contribution is 2.27. The molecule has 20 heavy (non-hydrogen) atoms. The topological polar surface area (TPSA) is 39.7 Å². The first-order chi connectivity index (χ1) is 9.64. The van der Waals surface area contributed by atoms with Crippen molar-refractivity contribution in [3.8, 4) is 17.2 Å². The van der Waals surface area contributed by atoms with Crippen molar-refractivity contribution < 1.29 is 14.2 Å². The number of methoxy groups -OCH3 is 2. The van der Waals surface area contributed by atoms with Crippen LogP contribution in [0.5, 0.6) is 17.2 Å². The highest BCUT2D eigenvalue weighted by Gasteiger charge is 2.15. The molecule has 1 aromatic carbocycles. The van der Waals surface area contributed by atoms with E-state index in [-0.39, 0.29) is 0 Å². The number of nitrogens with one attached hydrogen (secondary N) is 1. The maximum atomic E-state index is 5.91. The fraction of sp³-hybridized carbons (Fsp3) is 0.625. The molecule has 4 nitrogen and oxygen atoms in total. The molecular formula is C16H27NO3. The smallest absolute Gasteiger partial charge is 0.126 e. The summed E-state index contributed by atoms with van der Waals surface area (Å²) < 4.78 is 16.4. The molecule has 0 aliphatic rings. The van der Waals surface area contributed by atoms with Crippen LogP contribution in [-0.2, 0) is 0 Å². The number of hydrogen-bond acceptors (Lipinski definition) is 4. The molecule has 0 radical (unpaired) electrons. The van der Waals surface area contributed by atoms with Crippen molar-refractivity contribution in [2.24, 2.45) is 5.92 Å². The molecule has 0 amide bonds. The molecule has 2 unspecified atom stereocenters. The molecule has 2 atom stereocenters. The van der Waals surface area contributed by atoms with Gasteiger partial charge in [-0.3, -0.25) is 0 Å². The molecule has 4 heteroatoms. The number of ether oxygens (including phenoxy) is 3. The van der Waals surface area contributed by atoms with Crippen LogP contribution in [0.15, 0.2) is 18.2 Å². The van der Waals surface area contributed by atoms with Gasteiger partial charge in [-0.15, -0.1) is 0 Å². The second-order valence-electron chi connectivity index (χ2n) is 4.91. The zero-order chi connectivity index (χ0) is 15.0. The molecule has 0 heterocycles. The van der Waals surface area contributed by atoms with Crippen molar-refractivity contribution in [2.45, 2.75) is 33.2 Å². The van der Waals surface area contributed by atoms with Crippen LogP contribution in [0.2, 0.25) is 0 Å². The van der Waals surface area contributed by atoms with Gasteiger partial charge in [-0.05, 0) is 12.5 Å². The summed E-state index contributed by atoms with van der Waals surface area (Å²) in [6.45, 7) is 8.13. The molecule has 1 rings (SSSR count). The molecule has 1 aromatic rings. The van der Waals surface area contributed by atoms with E-state index in [0.717, 1.165) is 30.2 Å². The Morgan fingerprint density at radius 1 is 1.00 bits per heavy atom. The van der Waals surface area contributed by atoms with E-state index in [1.54, 1.807) is 14.2 Å². The molecule has 0 bridgehead atoms. The lowest BCUT2D eigenvalue weighted by Crippen LogP contribution is -2.39. The predicted octanol–water partition coefficient (Wildman–Crippen LogP) is 3.11. The lowest BCUT2D eigenvalue weighted by Gasteiger charge is -2.24. The zero-order valence-corrected chi connectivity index (χ0v) is 13.2. The van der Waals surface area contributed by atoms with Crippen LogP contribution in [0.3, 0.4) is 0 Å². The molecule has 0 aliphatic heterocycles. The van der Waals surface area contributed by atoms with E-state index >= 15 is 0 Å². The molecule has 114 valence electrons. The Bertz CT molecular complexity index is 373. The molecule has 0 spiro atoms. The van der Waals surface area contributed by atoms with Crippen molar-refractivity contribution in [3.05, 3.63) is 18.2 Å². The van der Waals surface area contributed by atoms with Gasteiger partial charge in [-0.25, -0.2) is 0 Å². The largest absolute Gasteiger partial charge is 0.496 e. The molecule has 0 saturated carbocycles. The van der Waals surface area contributed by atoms with Crippen molar-refractivity contribution in [2.75, 3.05) is 27.4 Å². The SMILES string of the molecule is CCNC(COc1cc(OC)cc(OC)c1)C(C)CC. The van der Waals surface area contributed by atoms with E-state index in [9.17, 15) is 0 Å². The van der Waals surface area contributed by atoms with Crippen molar-refractivity contribution >= 4 is 0 Å². The third-order valence-electron chi connectivity index (χ3n) is 3.55. The van der Waals surface area contributed by atoms with Gasteiger partial charge in [0.25, 0.3) is 0 Å². The van der Waals surface area contributed by atoms with Crippen molar-refractivity contribution in [1.82, 2.24) is 5.32 Å². The van der Waals surface area contributed by atoms with Gasteiger partial charge in [-0.2, -0.15) is 0 Å². The third-order valence-corrected chi connectivity index (χ3v) is 3.55. The van der Waals surface area contributed by atoms with Crippen LogP contribution in [0.25, 0.3) is 0 Å². The summed E-state index contributed by atoms with van der Waals surface area (Å²) in [6.07, 6.45) is 1.13. The Morgan fingerprint density at radius 2 is 1.55 bits per heavy atom. The van der Waals surface area contributed by atoms with Crippen LogP contribution in [0.1, 0.15) is 27.2 Å². The van der Waals surface area contributed by atoms with Crippen LogP contribution in [0.4, 0.5) is 0 Å². The first-order valence-corrected chi connectivity index (χ1v) is 7.23. The number of hydrogen-bond donors (Lipinski definition) is 1. The Hall–Kier alpha value is -1.42. The summed E-state index contributed by atoms with van der Waals surface area (Å²) in [5.41, 5.74) is 0. The summed E-state index contributed by atoms with van der Waals surface area (Å²) >= 11 is 0. The lowest BCUT2D eigenvalue weighted by atomic mass is 10.00. The molecule has 1 N–H and O–H groups in total. The predicted molar refractivity (Wildman–Crippen MR) is 82.0 cm³/mol. The van der Waals surface area contributed by atoms with E-state index in [2.05, 4.69) is 26.1 Å². The first-order valence-electron chi connectivity index (χ1n) is 7.23. The Labute approximate surface area is 122 Å². The van der Waals surface area contributed by atoms with E-state index in [1.165, 1.54) is 0 Å². The van der Waals surface area contributed by atoms with Gasteiger partial charge in [0.2, 0.25) is 0 Å². The molecule has 0 fully saturated rings. The average Bonchev–Trinajstić information content (AvgIpc) is 2.50. The van der Waals surface area contributed by atoms with E-state index in [1.807, 2.05) is 18.2 Å². The van der Waals surface area contributed by atoms with Crippen molar-refractivity contribution in [3.63, 3.8) is 0 Å². The van der Waals surface area contributed by atoms with Gasteiger partial charge in [0.05, 0.1) is 14.2 Å².